The van der Waals surface area contributed by atoms with Crippen LogP contribution in [-0.4, -0.2) is 32.7 Å². The van der Waals surface area contributed by atoms with Crippen LogP contribution in [0.25, 0.3) is 0 Å². The van der Waals surface area contributed by atoms with Gasteiger partial charge in [-0.25, -0.2) is 0 Å². The fourth-order valence-corrected chi connectivity index (χ4v) is 8.62. The van der Waals surface area contributed by atoms with Gasteiger partial charge in [-0.1, -0.05) is 97.4 Å². The number of aliphatic hydroxyl groups is 1. The molecule has 0 radical (unpaired) electrons. The minimum atomic E-state index is -2.65. The lowest BCUT2D eigenvalue weighted by Gasteiger charge is -2.43. The SMILES string of the molecule is CC(C)(C)[Si](OCC(O)COc1ccc(Br)cc1)(c1ccccc1)c1ccccc1. The van der Waals surface area contributed by atoms with Crippen LogP contribution in [0.1, 0.15) is 20.8 Å². The summed E-state index contributed by atoms with van der Waals surface area (Å²) < 4.78 is 13.5. The molecule has 3 aromatic carbocycles. The summed E-state index contributed by atoms with van der Waals surface area (Å²) in [4.78, 5) is 0. The molecule has 5 heteroatoms. The van der Waals surface area contributed by atoms with E-state index in [0.717, 1.165) is 10.2 Å². The van der Waals surface area contributed by atoms with Gasteiger partial charge in [0.25, 0.3) is 8.32 Å². The van der Waals surface area contributed by atoms with E-state index in [-0.39, 0.29) is 18.3 Å². The van der Waals surface area contributed by atoms with E-state index >= 15 is 0 Å². The minimum absolute atomic E-state index is 0.123. The number of benzene rings is 3. The van der Waals surface area contributed by atoms with Gasteiger partial charge in [0, 0.05) is 4.47 Å². The summed E-state index contributed by atoms with van der Waals surface area (Å²) in [5.74, 6) is 0.725. The van der Waals surface area contributed by atoms with Crippen LogP contribution in [0.4, 0.5) is 0 Å². The standard InChI is InChI=1S/C25H29BrO3Si/c1-25(2,3)30(23-10-6-4-7-11-23,24-12-8-5-9-13-24)29-19-21(27)18-28-22-16-14-20(26)15-17-22/h4-17,21,27H,18-19H2,1-3H3. The van der Waals surface area contributed by atoms with Crippen LogP contribution in [0.2, 0.25) is 5.04 Å². The molecule has 30 heavy (non-hydrogen) atoms. The molecular weight excluding hydrogens is 456 g/mol. The summed E-state index contributed by atoms with van der Waals surface area (Å²) in [6.07, 6.45) is -0.727. The Hall–Kier alpha value is -1.92. The molecule has 0 saturated carbocycles. The van der Waals surface area contributed by atoms with Crippen molar-refractivity contribution in [1.82, 2.24) is 0 Å². The first kappa shape index (κ1) is 22.8. The Bertz CT molecular complexity index is 869. The fourth-order valence-electron chi connectivity index (χ4n) is 3.75. The molecule has 158 valence electrons. The van der Waals surface area contributed by atoms with Gasteiger partial charge in [-0.2, -0.15) is 0 Å². The van der Waals surface area contributed by atoms with E-state index in [1.165, 1.54) is 10.4 Å². The van der Waals surface area contributed by atoms with Crippen molar-refractivity contribution in [2.45, 2.75) is 31.9 Å². The van der Waals surface area contributed by atoms with E-state index in [2.05, 4.69) is 85.2 Å². The van der Waals surface area contributed by atoms with E-state index in [1.807, 2.05) is 36.4 Å². The highest BCUT2D eigenvalue weighted by Gasteiger charge is 2.50. The molecule has 3 nitrogen and oxygen atoms in total. The quantitative estimate of drug-likeness (QED) is 0.468. The molecule has 0 heterocycles. The van der Waals surface area contributed by atoms with E-state index in [0.29, 0.717) is 0 Å². The maximum Gasteiger partial charge on any atom is 0.261 e. The van der Waals surface area contributed by atoms with Crippen LogP contribution in [0, 0.1) is 0 Å². The van der Waals surface area contributed by atoms with Crippen molar-refractivity contribution in [3.8, 4) is 5.75 Å². The monoisotopic (exact) mass is 484 g/mol. The Morgan fingerprint density at radius 1 is 0.800 bits per heavy atom. The van der Waals surface area contributed by atoms with Crippen molar-refractivity contribution in [2.75, 3.05) is 13.2 Å². The first-order valence-electron chi connectivity index (χ1n) is 10.1. The van der Waals surface area contributed by atoms with Crippen molar-refractivity contribution in [3.05, 3.63) is 89.4 Å². The van der Waals surface area contributed by atoms with Gasteiger partial charge in [0.2, 0.25) is 0 Å². The summed E-state index contributed by atoms with van der Waals surface area (Å²) in [5.41, 5.74) is 0. The molecule has 0 aliphatic rings. The van der Waals surface area contributed by atoms with E-state index in [1.54, 1.807) is 0 Å². The second kappa shape index (κ2) is 9.92. The van der Waals surface area contributed by atoms with Crippen LogP contribution in [0.3, 0.4) is 0 Å². The van der Waals surface area contributed by atoms with Gasteiger partial charge in [-0.05, 0) is 39.7 Å². The molecule has 0 fully saturated rings. The molecule has 0 saturated heterocycles. The maximum atomic E-state index is 10.7. The number of hydrogen-bond acceptors (Lipinski definition) is 3. The van der Waals surface area contributed by atoms with Crippen molar-refractivity contribution in [3.63, 3.8) is 0 Å². The summed E-state index contributed by atoms with van der Waals surface area (Å²) in [6.45, 7) is 7.07. The van der Waals surface area contributed by atoms with Gasteiger partial charge < -0.3 is 14.3 Å². The fraction of sp³-hybridized carbons (Fsp3) is 0.280. The molecule has 1 N–H and O–H groups in total. The Morgan fingerprint density at radius 3 is 1.77 bits per heavy atom. The molecule has 1 atom stereocenters. The van der Waals surface area contributed by atoms with Crippen molar-refractivity contribution in [2.24, 2.45) is 0 Å². The number of rotatable bonds is 8. The van der Waals surface area contributed by atoms with Crippen LogP contribution in [0.5, 0.6) is 5.75 Å². The van der Waals surface area contributed by atoms with Gasteiger partial charge in [-0.3, -0.25) is 0 Å². The number of hydrogen-bond donors (Lipinski definition) is 1. The molecule has 0 spiro atoms. The largest absolute Gasteiger partial charge is 0.491 e. The van der Waals surface area contributed by atoms with Crippen LogP contribution in [0.15, 0.2) is 89.4 Å². The summed E-state index contributed by atoms with van der Waals surface area (Å²) >= 11 is 3.41. The molecule has 0 bridgehead atoms. The van der Waals surface area contributed by atoms with Gasteiger partial charge in [0.05, 0.1) is 6.61 Å². The third-order valence-corrected chi connectivity index (χ3v) is 10.7. The number of halogens is 1. The maximum absolute atomic E-state index is 10.7. The third kappa shape index (κ3) is 5.21. The average molecular weight is 485 g/mol. The van der Waals surface area contributed by atoms with Crippen molar-refractivity contribution >= 4 is 34.6 Å². The third-order valence-electron chi connectivity index (χ3n) is 5.17. The number of ether oxygens (including phenoxy) is 1. The first-order chi connectivity index (χ1) is 14.3. The van der Waals surface area contributed by atoms with Crippen LogP contribution in [-0.2, 0) is 4.43 Å². The Labute approximate surface area is 188 Å². The highest BCUT2D eigenvalue weighted by Crippen LogP contribution is 2.36. The summed E-state index contributed by atoms with van der Waals surface area (Å²) in [5, 5.41) is 12.9. The molecule has 0 aromatic heterocycles. The highest BCUT2D eigenvalue weighted by atomic mass is 79.9. The Kier molecular flexibility index (Phi) is 7.53. The zero-order valence-electron chi connectivity index (χ0n) is 17.7. The molecule has 0 amide bonds. The predicted octanol–water partition coefficient (Wildman–Crippen LogP) is 4.77. The lowest BCUT2D eigenvalue weighted by molar-refractivity contribution is 0.0591. The topological polar surface area (TPSA) is 38.7 Å². The average Bonchev–Trinajstić information content (AvgIpc) is 2.74. The van der Waals surface area contributed by atoms with E-state index in [9.17, 15) is 5.11 Å². The molecule has 0 aliphatic heterocycles. The van der Waals surface area contributed by atoms with Gasteiger partial charge in [0.1, 0.15) is 18.5 Å². The summed E-state index contributed by atoms with van der Waals surface area (Å²) in [6, 6.07) is 28.5. The van der Waals surface area contributed by atoms with E-state index in [4.69, 9.17) is 9.16 Å². The normalized spacial score (nSPS) is 13.1. The van der Waals surface area contributed by atoms with Crippen LogP contribution >= 0.6 is 15.9 Å². The number of aliphatic hydroxyl groups excluding tert-OH is 1. The lowest BCUT2D eigenvalue weighted by Crippen LogP contribution is -2.67. The Balaban J connectivity index is 1.83. The molecule has 1 unspecified atom stereocenters. The van der Waals surface area contributed by atoms with Gasteiger partial charge in [0.15, 0.2) is 0 Å². The predicted molar refractivity (Wildman–Crippen MR) is 129 cm³/mol. The second-order valence-electron chi connectivity index (χ2n) is 8.39. The summed E-state index contributed by atoms with van der Waals surface area (Å²) in [7, 11) is -2.65. The van der Waals surface area contributed by atoms with E-state index < -0.39 is 14.4 Å². The van der Waals surface area contributed by atoms with Crippen molar-refractivity contribution in [1.29, 1.82) is 0 Å². The Morgan fingerprint density at radius 2 is 1.30 bits per heavy atom. The zero-order valence-corrected chi connectivity index (χ0v) is 20.3. The molecule has 0 aliphatic carbocycles. The highest BCUT2D eigenvalue weighted by molar-refractivity contribution is 9.10. The molecule has 3 aromatic rings. The molecular formula is C25H29BrO3Si. The van der Waals surface area contributed by atoms with Crippen molar-refractivity contribution < 1.29 is 14.3 Å². The minimum Gasteiger partial charge on any atom is -0.491 e. The molecule has 3 rings (SSSR count). The zero-order chi connectivity index (χ0) is 21.6. The lowest BCUT2D eigenvalue weighted by atomic mass is 10.2. The van der Waals surface area contributed by atoms with Gasteiger partial charge in [-0.15, -0.1) is 0 Å². The van der Waals surface area contributed by atoms with Crippen LogP contribution < -0.4 is 15.1 Å². The first-order valence-corrected chi connectivity index (χ1v) is 12.8. The smallest absolute Gasteiger partial charge is 0.261 e. The second-order valence-corrected chi connectivity index (χ2v) is 13.6. The van der Waals surface area contributed by atoms with Gasteiger partial charge >= 0.3 is 0 Å².